The van der Waals surface area contributed by atoms with E-state index in [0.717, 1.165) is 32.6 Å². The summed E-state index contributed by atoms with van der Waals surface area (Å²) in [5.74, 6) is 0.825. The van der Waals surface area contributed by atoms with Crippen LogP contribution in [0.25, 0.3) is 22.0 Å². The first kappa shape index (κ1) is 13.8. The number of methoxy groups -OCH3 is 1. The summed E-state index contributed by atoms with van der Waals surface area (Å²) in [6.07, 6.45) is 3.69. The lowest BCUT2D eigenvalue weighted by Gasteiger charge is -2.11. The molecule has 3 nitrogen and oxygen atoms in total. The maximum absolute atomic E-state index is 5.35. The van der Waals surface area contributed by atoms with Gasteiger partial charge < -0.3 is 15.0 Å². The van der Waals surface area contributed by atoms with Crippen molar-refractivity contribution in [3.8, 4) is 16.9 Å². The molecule has 0 saturated heterocycles. The summed E-state index contributed by atoms with van der Waals surface area (Å²) >= 11 is 3.49. The molecule has 3 rings (SSSR count). The molecule has 0 bridgehead atoms. The summed E-state index contributed by atoms with van der Waals surface area (Å²) in [6.45, 7) is 3.74. The first-order valence-corrected chi connectivity index (χ1v) is 7.34. The SMILES string of the molecule is C=CNc1ccc(OC)cc1-c1c[nH]c2cc(Br)ccc12. The molecular formula is C17H15BrN2O. The largest absolute Gasteiger partial charge is 0.497 e. The molecule has 0 fully saturated rings. The van der Waals surface area contributed by atoms with E-state index in [1.54, 1.807) is 13.3 Å². The zero-order chi connectivity index (χ0) is 14.8. The van der Waals surface area contributed by atoms with Crippen molar-refractivity contribution in [1.82, 2.24) is 4.98 Å². The third kappa shape index (κ3) is 2.54. The number of H-pyrrole nitrogens is 1. The summed E-state index contributed by atoms with van der Waals surface area (Å²) in [6, 6.07) is 12.2. The van der Waals surface area contributed by atoms with E-state index in [1.165, 1.54) is 5.39 Å². The first-order valence-electron chi connectivity index (χ1n) is 6.55. The van der Waals surface area contributed by atoms with Gasteiger partial charge in [0.25, 0.3) is 0 Å². The summed E-state index contributed by atoms with van der Waals surface area (Å²) in [4.78, 5) is 3.31. The molecule has 0 saturated carbocycles. The van der Waals surface area contributed by atoms with Gasteiger partial charge in [-0.25, -0.2) is 0 Å². The molecule has 0 atom stereocenters. The second kappa shape index (κ2) is 5.66. The Bertz CT molecular complexity index is 808. The highest BCUT2D eigenvalue weighted by Gasteiger charge is 2.11. The van der Waals surface area contributed by atoms with Gasteiger partial charge in [0.05, 0.1) is 7.11 Å². The molecule has 4 heteroatoms. The molecule has 0 aliphatic rings. The molecule has 2 N–H and O–H groups in total. The number of halogens is 1. The minimum Gasteiger partial charge on any atom is -0.497 e. The summed E-state index contributed by atoms with van der Waals surface area (Å²) in [7, 11) is 1.67. The quantitative estimate of drug-likeness (QED) is 0.686. The zero-order valence-corrected chi connectivity index (χ0v) is 13.2. The number of hydrogen-bond acceptors (Lipinski definition) is 2. The van der Waals surface area contributed by atoms with Crippen molar-refractivity contribution in [2.45, 2.75) is 0 Å². The molecule has 2 aromatic carbocycles. The standard InChI is InChI=1S/C17H15BrN2O/c1-3-19-16-7-5-12(21-2)9-14(16)15-10-20-17-8-11(18)4-6-13(15)17/h3-10,19-20H,1H2,2H3. The predicted molar refractivity (Wildman–Crippen MR) is 91.8 cm³/mol. The Balaban J connectivity index is 2.23. The number of fused-ring (bicyclic) bond motifs is 1. The normalized spacial score (nSPS) is 10.6. The van der Waals surface area contributed by atoms with Crippen molar-refractivity contribution in [2.75, 3.05) is 12.4 Å². The molecule has 3 aromatic rings. The Hall–Kier alpha value is -2.20. The first-order chi connectivity index (χ1) is 10.2. The van der Waals surface area contributed by atoms with Gasteiger partial charge in [-0.05, 0) is 36.5 Å². The molecule has 21 heavy (non-hydrogen) atoms. The summed E-state index contributed by atoms with van der Waals surface area (Å²) < 4.78 is 6.40. The lowest BCUT2D eigenvalue weighted by Crippen LogP contribution is -1.92. The van der Waals surface area contributed by atoms with E-state index in [9.17, 15) is 0 Å². The van der Waals surface area contributed by atoms with Gasteiger partial charge in [0.15, 0.2) is 0 Å². The second-order valence-corrected chi connectivity index (χ2v) is 5.57. The van der Waals surface area contributed by atoms with Crippen molar-refractivity contribution in [3.63, 3.8) is 0 Å². The number of ether oxygens (including phenoxy) is 1. The summed E-state index contributed by atoms with van der Waals surface area (Å²) in [5, 5.41) is 4.34. The number of hydrogen-bond donors (Lipinski definition) is 2. The maximum atomic E-state index is 5.35. The van der Waals surface area contributed by atoms with Gasteiger partial charge in [-0.1, -0.05) is 28.6 Å². The fourth-order valence-electron chi connectivity index (χ4n) is 2.43. The fraction of sp³-hybridized carbons (Fsp3) is 0.0588. The van der Waals surface area contributed by atoms with Gasteiger partial charge in [0.2, 0.25) is 0 Å². The average Bonchev–Trinajstić information content (AvgIpc) is 2.90. The number of rotatable bonds is 4. The lowest BCUT2D eigenvalue weighted by atomic mass is 10.0. The molecule has 0 aliphatic carbocycles. The van der Waals surface area contributed by atoms with E-state index in [4.69, 9.17) is 4.74 Å². The van der Waals surface area contributed by atoms with E-state index in [-0.39, 0.29) is 0 Å². The van der Waals surface area contributed by atoms with Crippen molar-refractivity contribution in [1.29, 1.82) is 0 Å². The van der Waals surface area contributed by atoms with Crippen LogP contribution in [0.5, 0.6) is 5.75 Å². The van der Waals surface area contributed by atoms with Crippen LogP contribution < -0.4 is 10.1 Å². The van der Waals surface area contributed by atoms with Crippen molar-refractivity contribution >= 4 is 32.5 Å². The molecule has 106 valence electrons. The zero-order valence-electron chi connectivity index (χ0n) is 11.6. The van der Waals surface area contributed by atoms with Crippen LogP contribution in [-0.4, -0.2) is 12.1 Å². The molecule has 0 spiro atoms. The third-order valence-electron chi connectivity index (χ3n) is 3.42. The molecule has 0 radical (unpaired) electrons. The minimum atomic E-state index is 0.825. The van der Waals surface area contributed by atoms with Gasteiger partial charge in [-0.2, -0.15) is 0 Å². The van der Waals surface area contributed by atoms with Crippen LogP contribution in [0.15, 0.2) is 59.8 Å². The Morgan fingerprint density at radius 1 is 1.19 bits per heavy atom. The molecule has 0 unspecified atom stereocenters. The van der Waals surface area contributed by atoms with Gasteiger partial charge >= 0.3 is 0 Å². The molecule has 1 aromatic heterocycles. The monoisotopic (exact) mass is 342 g/mol. The van der Waals surface area contributed by atoms with E-state index in [0.29, 0.717) is 0 Å². The maximum Gasteiger partial charge on any atom is 0.119 e. The van der Waals surface area contributed by atoms with E-state index in [1.807, 2.05) is 30.5 Å². The number of aromatic nitrogens is 1. The highest BCUT2D eigenvalue weighted by atomic mass is 79.9. The van der Waals surface area contributed by atoms with Crippen LogP contribution in [0.4, 0.5) is 5.69 Å². The number of benzene rings is 2. The van der Waals surface area contributed by atoms with Crippen LogP contribution in [0, 0.1) is 0 Å². The predicted octanol–water partition coefficient (Wildman–Crippen LogP) is 5.16. The Kier molecular flexibility index (Phi) is 3.71. The topological polar surface area (TPSA) is 37.0 Å². The van der Waals surface area contributed by atoms with Crippen molar-refractivity contribution in [3.05, 3.63) is 59.8 Å². The van der Waals surface area contributed by atoms with E-state index in [2.05, 4.69) is 44.9 Å². The van der Waals surface area contributed by atoms with E-state index >= 15 is 0 Å². The van der Waals surface area contributed by atoms with Crippen LogP contribution in [0.1, 0.15) is 0 Å². The lowest BCUT2D eigenvalue weighted by molar-refractivity contribution is 0.415. The number of aromatic amines is 1. The number of nitrogens with one attached hydrogen (secondary N) is 2. The summed E-state index contributed by atoms with van der Waals surface area (Å²) in [5.41, 5.74) is 4.28. The highest BCUT2D eigenvalue weighted by Crippen LogP contribution is 2.37. The van der Waals surface area contributed by atoms with Gasteiger partial charge in [0.1, 0.15) is 5.75 Å². The third-order valence-corrected chi connectivity index (χ3v) is 3.91. The molecule has 0 aliphatic heterocycles. The van der Waals surface area contributed by atoms with E-state index < -0.39 is 0 Å². The molecular weight excluding hydrogens is 328 g/mol. The van der Waals surface area contributed by atoms with Crippen LogP contribution in [0.2, 0.25) is 0 Å². The molecule has 1 heterocycles. The number of anilines is 1. The fourth-order valence-corrected chi connectivity index (χ4v) is 2.79. The Labute approximate surface area is 131 Å². The highest BCUT2D eigenvalue weighted by molar-refractivity contribution is 9.10. The van der Waals surface area contributed by atoms with Crippen LogP contribution in [-0.2, 0) is 0 Å². The Morgan fingerprint density at radius 3 is 2.81 bits per heavy atom. The smallest absolute Gasteiger partial charge is 0.119 e. The van der Waals surface area contributed by atoms with Gasteiger partial charge in [-0.15, -0.1) is 0 Å². The van der Waals surface area contributed by atoms with Gasteiger partial charge in [-0.3, -0.25) is 0 Å². The molecule has 0 amide bonds. The second-order valence-electron chi connectivity index (χ2n) is 4.65. The van der Waals surface area contributed by atoms with Crippen LogP contribution >= 0.6 is 15.9 Å². The Morgan fingerprint density at radius 2 is 2.05 bits per heavy atom. The van der Waals surface area contributed by atoms with Crippen molar-refractivity contribution in [2.24, 2.45) is 0 Å². The minimum absolute atomic E-state index is 0.825. The van der Waals surface area contributed by atoms with Crippen molar-refractivity contribution < 1.29 is 4.74 Å². The van der Waals surface area contributed by atoms with Gasteiger partial charge in [0, 0.05) is 38.4 Å². The van der Waals surface area contributed by atoms with Crippen LogP contribution in [0.3, 0.4) is 0 Å². The average molecular weight is 343 g/mol.